The van der Waals surface area contributed by atoms with Crippen LogP contribution in [0.25, 0.3) is 0 Å². The molecule has 100 valence electrons. The van der Waals surface area contributed by atoms with Crippen molar-refractivity contribution in [1.82, 2.24) is 15.3 Å². The van der Waals surface area contributed by atoms with Gasteiger partial charge in [0.1, 0.15) is 0 Å². The van der Waals surface area contributed by atoms with Gasteiger partial charge in [0.25, 0.3) is 0 Å². The minimum Gasteiger partial charge on any atom is -0.481 e. The summed E-state index contributed by atoms with van der Waals surface area (Å²) in [7, 11) is 2.59. The predicted molar refractivity (Wildman–Crippen MR) is 53.3 cm³/mol. The maximum Gasteiger partial charge on any atom is 0.485 e. The van der Waals surface area contributed by atoms with Crippen molar-refractivity contribution < 1.29 is 27.4 Å². The van der Waals surface area contributed by atoms with E-state index in [1.165, 1.54) is 20.3 Å². The van der Waals surface area contributed by atoms with Crippen LogP contribution in [0.5, 0.6) is 11.8 Å². The number of aromatic nitrogens is 2. The molecular weight excluding hydrogens is 257 g/mol. The number of carbonyl (C=O) groups excluding carboxylic acids is 1. The second kappa shape index (κ2) is 5.38. The molecule has 10 heteroatoms. The molecule has 0 spiro atoms. The van der Waals surface area contributed by atoms with Crippen LogP contribution in [0, 0.1) is 0 Å². The molecule has 0 aliphatic rings. The maximum absolute atomic E-state index is 11.8. The first-order valence-corrected chi connectivity index (χ1v) is 4.47. The zero-order chi connectivity index (χ0) is 13.8. The maximum atomic E-state index is 11.8. The van der Waals surface area contributed by atoms with E-state index in [1.807, 2.05) is 0 Å². The molecule has 1 heterocycles. The summed E-state index contributed by atoms with van der Waals surface area (Å²) in [5, 5.41) is 2.53. The van der Waals surface area contributed by atoms with Crippen molar-refractivity contribution in [2.45, 2.75) is 6.30 Å². The molecular formula is C8H9F3N4O3. The SMILES string of the molecule is COc1cc(OC)nc(NC(=O)NC(F)(F)F)n1. The van der Waals surface area contributed by atoms with Gasteiger partial charge < -0.3 is 9.47 Å². The van der Waals surface area contributed by atoms with Crippen molar-refractivity contribution in [2.24, 2.45) is 0 Å². The van der Waals surface area contributed by atoms with E-state index < -0.39 is 12.3 Å². The Morgan fingerprint density at radius 1 is 1.22 bits per heavy atom. The number of urea groups is 1. The smallest absolute Gasteiger partial charge is 0.481 e. The molecule has 0 bridgehead atoms. The van der Waals surface area contributed by atoms with E-state index in [4.69, 9.17) is 9.47 Å². The fourth-order valence-electron chi connectivity index (χ4n) is 0.930. The number of anilines is 1. The van der Waals surface area contributed by atoms with Gasteiger partial charge in [0, 0.05) is 0 Å². The standard InChI is InChI=1S/C8H9F3N4O3/c1-17-4-3-5(18-2)13-6(12-4)14-7(16)15-8(9,10)11/h3H,1-2H3,(H2,12,13,14,15,16). The predicted octanol–water partition coefficient (Wildman–Crippen LogP) is 1.14. The Labute approximate surface area is 99.3 Å². The van der Waals surface area contributed by atoms with E-state index in [9.17, 15) is 18.0 Å². The highest BCUT2D eigenvalue weighted by Crippen LogP contribution is 2.17. The van der Waals surface area contributed by atoms with Crippen molar-refractivity contribution in [3.63, 3.8) is 0 Å². The minimum atomic E-state index is -4.84. The van der Waals surface area contributed by atoms with E-state index in [1.54, 1.807) is 5.32 Å². The van der Waals surface area contributed by atoms with Crippen molar-refractivity contribution in [3.05, 3.63) is 6.07 Å². The Hall–Kier alpha value is -2.26. The van der Waals surface area contributed by atoms with Crippen LogP contribution >= 0.6 is 0 Å². The van der Waals surface area contributed by atoms with Crippen LogP contribution in [-0.4, -0.2) is 36.5 Å². The monoisotopic (exact) mass is 266 g/mol. The number of nitrogens with zero attached hydrogens (tertiary/aromatic N) is 2. The van der Waals surface area contributed by atoms with Gasteiger partial charge in [-0.1, -0.05) is 0 Å². The summed E-state index contributed by atoms with van der Waals surface area (Å²) in [5.41, 5.74) is 0. The van der Waals surface area contributed by atoms with Crippen molar-refractivity contribution in [2.75, 3.05) is 19.5 Å². The Kier molecular flexibility index (Phi) is 4.13. The number of carbonyl (C=O) groups is 1. The third kappa shape index (κ3) is 4.31. The Bertz CT molecular complexity index is 416. The van der Waals surface area contributed by atoms with Gasteiger partial charge >= 0.3 is 12.3 Å². The molecule has 0 atom stereocenters. The Morgan fingerprint density at radius 3 is 2.11 bits per heavy atom. The number of amides is 2. The van der Waals surface area contributed by atoms with Crippen molar-refractivity contribution in [1.29, 1.82) is 0 Å². The molecule has 18 heavy (non-hydrogen) atoms. The molecule has 2 amide bonds. The molecule has 0 aliphatic carbocycles. The van der Waals surface area contributed by atoms with E-state index in [0.29, 0.717) is 0 Å². The molecule has 0 radical (unpaired) electrons. The summed E-state index contributed by atoms with van der Waals surface area (Å²) in [6, 6.07) is -0.217. The first-order chi connectivity index (χ1) is 8.34. The summed E-state index contributed by atoms with van der Waals surface area (Å²) in [5.74, 6) is -0.318. The molecule has 0 unspecified atom stereocenters. The lowest BCUT2D eigenvalue weighted by Crippen LogP contribution is -2.40. The fourth-order valence-corrected chi connectivity index (χ4v) is 0.930. The van der Waals surface area contributed by atoms with Gasteiger partial charge in [0.05, 0.1) is 20.3 Å². The number of hydrogen-bond donors (Lipinski definition) is 2. The van der Waals surface area contributed by atoms with Crippen LogP contribution in [-0.2, 0) is 0 Å². The number of ether oxygens (including phenoxy) is 2. The van der Waals surface area contributed by atoms with E-state index in [2.05, 4.69) is 9.97 Å². The average Bonchev–Trinajstić information content (AvgIpc) is 2.25. The first-order valence-electron chi connectivity index (χ1n) is 4.47. The lowest BCUT2D eigenvalue weighted by Gasteiger charge is -2.10. The van der Waals surface area contributed by atoms with E-state index in [-0.39, 0.29) is 17.7 Å². The summed E-state index contributed by atoms with van der Waals surface area (Å²) in [4.78, 5) is 18.2. The summed E-state index contributed by atoms with van der Waals surface area (Å²) in [6.07, 6.45) is -4.84. The van der Waals surface area contributed by atoms with Crippen LogP contribution in [0.3, 0.4) is 0 Å². The lowest BCUT2D eigenvalue weighted by molar-refractivity contribution is -0.144. The molecule has 0 aromatic carbocycles. The minimum absolute atomic E-state index is 0.0316. The van der Waals surface area contributed by atoms with Crippen LogP contribution in [0.1, 0.15) is 0 Å². The van der Waals surface area contributed by atoms with E-state index >= 15 is 0 Å². The van der Waals surface area contributed by atoms with Gasteiger partial charge in [0.2, 0.25) is 17.7 Å². The quantitative estimate of drug-likeness (QED) is 0.801. The fraction of sp³-hybridized carbons (Fsp3) is 0.375. The second-order valence-electron chi connectivity index (χ2n) is 2.85. The molecule has 2 N–H and O–H groups in total. The highest BCUT2D eigenvalue weighted by molar-refractivity contribution is 5.87. The van der Waals surface area contributed by atoms with Crippen LogP contribution in [0.2, 0.25) is 0 Å². The largest absolute Gasteiger partial charge is 0.485 e. The number of alkyl halides is 3. The Balaban J connectivity index is 2.80. The number of halogens is 3. The van der Waals surface area contributed by atoms with Gasteiger partial charge in [-0.05, 0) is 0 Å². The molecule has 0 aliphatic heterocycles. The van der Waals surface area contributed by atoms with Gasteiger partial charge in [-0.3, -0.25) is 5.32 Å². The molecule has 0 fully saturated rings. The number of nitrogens with one attached hydrogen (secondary N) is 2. The third-order valence-electron chi connectivity index (χ3n) is 1.58. The molecule has 1 rings (SSSR count). The van der Waals surface area contributed by atoms with Gasteiger partial charge in [-0.2, -0.15) is 23.1 Å². The summed E-state index contributed by atoms with van der Waals surface area (Å²) < 4.78 is 45.0. The van der Waals surface area contributed by atoms with Crippen molar-refractivity contribution in [3.8, 4) is 11.8 Å². The van der Waals surface area contributed by atoms with Gasteiger partial charge in [-0.25, -0.2) is 10.1 Å². The number of rotatable bonds is 3. The van der Waals surface area contributed by atoms with Crippen molar-refractivity contribution >= 4 is 12.0 Å². The molecule has 0 saturated carbocycles. The summed E-state index contributed by atoms with van der Waals surface area (Å²) >= 11 is 0. The van der Waals surface area contributed by atoms with Crippen LogP contribution < -0.4 is 20.1 Å². The molecule has 1 aromatic rings. The average molecular weight is 266 g/mol. The number of hydrogen-bond acceptors (Lipinski definition) is 5. The molecule has 0 saturated heterocycles. The van der Waals surface area contributed by atoms with Crippen LogP contribution in [0.4, 0.5) is 23.9 Å². The third-order valence-corrected chi connectivity index (χ3v) is 1.58. The molecule has 1 aromatic heterocycles. The normalized spacial score (nSPS) is 10.7. The summed E-state index contributed by atoms with van der Waals surface area (Å²) in [6.45, 7) is 0. The zero-order valence-electron chi connectivity index (χ0n) is 9.33. The highest BCUT2D eigenvalue weighted by atomic mass is 19.4. The van der Waals surface area contributed by atoms with Gasteiger partial charge in [-0.15, -0.1) is 0 Å². The topological polar surface area (TPSA) is 85.4 Å². The first kappa shape index (κ1) is 13.8. The highest BCUT2D eigenvalue weighted by Gasteiger charge is 2.30. The lowest BCUT2D eigenvalue weighted by atomic mass is 10.6. The number of methoxy groups -OCH3 is 2. The Morgan fingerprint density at radius 2 is 1.72 bits per heavy atom. The van der Waals surface area contributed by atoms with Gasteiger partial charge in [0.15, 0.2) is 0 Å². The zero-order valence-corrected chi connectivity index (χ0v) is 9.33. The van der Waals surface area contributed by atoms with E-state index in [0.717, 1.165) is 5.32 Å². The molecule has 7 nitrogen and oxygen atoms in total. The van der Waals surface area contributed by atoms with Crippen LogP contribution in [0.15, 0.2) is 6.07 Å². The second-order valence-corrected chi connectivity index (χ2v) is 2.85.